The summed E-state index contributed by atoms with van der Waals surface area (Å²) in [5.41, 5.74) is 1.78. The summed E-state index contributed by atoms with van der Waals surface area (Å²) in [6.07, 6.45) is 2.54. The van der Waals surface area contributed by atoms with Crippen LogP contribution in [0.5, 0.6) is 5.75 Å². The van der Waals surface area contributed by atoms with Crippen molar-refractivity contribution in [3.8, 4) is 5.75 Å². The van der Waals surface area contributed by atoms with Crippen LogP contribution in [0.1, 0.15) is 27.4 Å². The molecule has 0 unspecified atom stereocenters. The standard InChI is InChI=1S/C16H16O4/c1-3-6-12-7-4-5-8-14(12)19-10-13-9-15(16(17)18)20-11(13)2/h3-5,7-9H,1,6,10H2,2H3,(H,17,18). The first kappa shape index (κ1) is 13.9. The van der Waals surface area contributed by atoms with Crippen LogP contribution < -0.4 is 4.74 Å². The van der Waals surface area contributed by atoms with Crippen LogP contribution in [-0.4, -0.2) is 11.1 Å². The van der Waals surface area contributed by atoms with Gasteiger partial charge in [-0.15, -0.1) is 6.58 Å². The maximum atomic E-state index is 10.8. The number of aromatic carboxylic acids is 1. The predicted octanol–water partition coefficient (Wildman–Crippen LogP) is 3.59. The molecule has 0 spiro atoms. The Labute approximate surface area is 117 Å². The first-order chi connectivity index (χ1) is 9.61. The average molecular weight is 272 g/mol. The zero-order valence-corrected chi connectivity index (χ0v) is 11.3. The van der Waals surface area contributed by atoms with Crippen LogP contribution in [0.15, 0.2) is 47.4 Å². The Hall–Kier alpha value is -2.49. The Morgan fingerprint density at radius 2 is 2.15 bits per heavy atom. The minimum Gasteiger partial charge on any atom is -0.488 e. The van der Waals surface area contributed by atoms with Crippen molar-refractivity contribution in [1.29, 1.82) is 0 Å². The Balaban J connectivity index is 2.12. The molecule has 1 aromatic heterocycles. The van der Waals surface area contributed by atoms with E-state index in [0.29, 0.717) is 5.76 Å². The molecule has 0 radical (unpaired) electrons. The van der Waals surface area contributed by atoms with Gasteiger partial charge in [0.1, 0.15) is 18.1 Å². The summed E-state index contributed by atoms with van der Waals surface area (Å²) in [7, 11) is 0. The minimum atomic E-state index is -1.08. The van der Waals surface area contributed by atoms with E-state index in [2.05, 4.69) is 6.58 Å². The van der Waals surface area contributed by atoms with Crippen LogP contribution in [0, 0.1) is 6.92 Å². The van der Waals surface area contributed by atoms with E-state index in [4.69, 9.17) is 14.3 Å². The topological polar surface area (TPSA) is 59.7 Å². The molecule has 0 aliphatic carbocycles. The van der Waals surface area contributed by atoms with Crippen molar-refractivity contribution in [2.45, 2.75) is 20.0 Å². The fraction of sp³-hybridized carbons (Fsp3) is 0.188. The zero-order valence-electron chi connectivity index (χ0n) is 11.3. The van der Waals surface area contributed by atoms with Gasteiger partial charge in [-0.05, 0) is 31.0 Å². The number of rotatable bonds is 6. The van der Waals surface area contributed by atoms with E-state index in [-0.39, 0.29) is 12.4 Å². The van der Waals surface area contributed by atoms with E-state index in [9.17, 15) is 4.79 Å². The van der Waals surface area contributed by atoms with Crippen LogP contribution in [-0.2, 0) is 13.0 Å². The summed E-state index contributed by atoms with van der Waals surface area (Å²) in [6.45, 7) is 5.71. The number of carboxylic acids is 1. The van der Waals surface area contributed by atoms with Crippen molar-refractivity contribution >= 4 is 5.97 Å². The van der Waals surface area contributed by atoms with Crippen molar-refractivity contribution in [3.63, 3.8) is 0 Å². The lowest BCUT2D eigenvalue weighted by Crippen LogP contribution is -1.98. The van der Waals surface area contributed by atoms with E-state index >= 15 is 0 Å². The Bertz CT molecular complexity index is 625. The number of ether oxygens (including phenoxy) is 1. The van der Waals surface area contributed by atoms with Crippen molar-refractivity contribution < 1.29 is 19.1 Å². The van der Waals surface area contributed by atoms with Gasteiger partial charge in [-0.25, -0.2) is 4.79 Å². The van der Waals surface area contributed by atoms with Crippen LogP contribution in [0.4, 0.5) is 0 Å². The van der Waals surface area contributed by atoms with Gasteiger partial charge in [0, 0.05) is 5.56 Å². The summed E-state index contributed by atoms with van der Waals surface area (Å²) >= 11 is 0. The first-order valence-electron chi connectivity index (χ1n) is 6.26. The van der Waals surface area contributed by atoms with E-state index in [0.717, 1.165) is 23.3 Å². The van der Waals surface area contributed by atoms with Crippen molar-refractivity contribution in [2.75, 3.05) is 0 Å². The lowest BCUT2D eigenvalue weighted by atomic mass is 10.1. The molecular weight excluding hydrogens is 256 g/mol. The molecule has 104 valence electrons. The molecular formula is C16H16O4. The molecule has 20 heavy (non-hydrogen) atoms. The molecule has 2 aromatic rings. The smallest absolute Gasteiger partial charge is 0.371 e. The number of carbonyl (C=O) groups is 1. The van der Waals surface area contributed by atoms with Gasteiger partial charge in [0.2, 0.25) is 5.76 Å². The summed E-state index contributed by atoms with van der Waals surface area (Å²) in [6, 6.07) is 9.19. The highest BCUT2D eigenvalue weighted by atomic mass is 16.5. The number of hydrogen-bond acceptors (Lipinski definition) is 3. The van der Waals surface area contributed by atoms with Gasteiger partial charge in [0.15, 0.2) is 0 Å². The molecule has 0 bridgehead atoms. The van der Waals surface area contributed by atoms with Gasteiger partial charge >= 0.3 is 5.97 Å². The van der Waals surface area contributed by atoms with Gasteiger partial charge in [-0.1, -0.05) is 24.3 Å². The fourth-order valence-electron chi connectivity index (χ4n) is 1.89. The molecule has 0 fully saturated rings. The second-order valence-corrected chi connectivity index (χ2v) is 4.39. The van der Waals surface area contributed by atoms with Crippen LogP contribution in [0.25, 0.3) is 0 Å². The quantitative estimate of drug-likeness (QED) is 0.816. The van der Waals surface area contributed by atoms with Gasteiger partial charge in [-0.2, -0.15) is 0 Å². The Morgan fingerprint density at radius 1 is 1.40 bits per heavy atom. The molecule has 4 heteroatoms. The van der Waals surface area contributed by atoms with E-state index < -0.39 is 5.97 Å². The molecule has 1 aromatic carbocycles. The van der Waals surface area contributed by atoms with Crippen molar-refractivity contribution in [3.05, 3.63) is 65.6 Å². The maximum Gasteiger partial charge on any atom is 0.371 e. The number of furan rings is 1. The highest BCUT2D eigenvalue weighted by Crippen LogP contribution is 2.22. The highest BCUT2D eigenvalue weighted by Gasteiger charge is 2.13. The first-order valence-corrected chi connectivity index (χ1v) is 6.26. The molecule has 0 amide bonds. The SMILES string of the molecule is C=CCc1ccccc1OCc1cc(C(=O)O)oc1C. The molecule has 2 rings (SSSR count). The maximum absolute atomic E-state index is 10.8. The van der Waals surface area contributed by atoms with Crippen molar-refractivity contribution in [1.82, 2.24) is 0 Å². The minimum absolute atomic E-state index is 0.0690. The molecule has 4 nitrogen and oxygen atoms in total. The third-order valence-corrected chi connectivity index (χ3v) is 2.95. The highest BCUT2D eigenvalue weighted by molar-refractivity contribution is 5.84. The Morgan fingerprint density at radius 3 is 2.80 bits per heavy atom. The molecule has 0 atom stereocenters. The molecule has 0 aliphatic heterocycles. The van der Waals surface area contributed by atoms with Crippen LogP contribution >= 0.6 is 0 Å². The van der Waals surface area contributed by atoms with E-state index in [1.165, 1.54) is 6.07 Å². The third kappa shape index (κ3) is 3.09. The fourth-order valence-corrected chi connectivity index (χ4v) is 1.89. The predicted molar refractivity (Wildman–Crippen MR) is 75.1 cm³/mol. The molecule has 0 saturated carbocycles. The largest absolute Gasteiger partial charge is 0.488 e. The molecule has 1 N–H and O–H groups in total. The summed E-state index contributed by atoms with van der Waals surface area (Å²) in [5.74, 6) is 0.181. The molecule has 1 heterocycles. The number of carboxylic acid groups (broad SMARTS) is 1. The summed E-state index contributed by atoms with van der Waals surface area (Å²) in [5, 5.41) is 8.88. The summed E-state index contributed by atoms with van der Waals surface area (Å²) in [4.78, 5) is 10.8. The summed E-state index contributed by atoms with van der Waals surface area (Å²) < 4.78 is 10.9. The monoisotopic (exact) mass is 272 g/mol. The second kappa shape index (κ2) is 6.10. The van der Waals surface area contributed by atoms with E-state index in [1.807, 2.05) is 30.3 Å². The zero-order chi connectivity index (χ0) is 14.5. The van der Waals surface area contributed by atoms with Gasteiger partial charge in [0.25, 0.3) is 0 Å². The lowest BCUT2D eigenvalue weighted by Gasteiger charge is -2.09. The van der Waals surface area contributed by atoms with E-state index in [1.54, 1.807) is 6.92 Å². The Kier molecular flexibility index (Phi) is 4.25. The molecule has 0 saturated heterocycles. The number of hydrogen-bond donors (Lipinski definition) is 1. The van der Waals surface area contributed by atoms with Crippen molar-refractivity contribution in [2.24, 2.45) is 0 Å². The second-order valence-electron chi connectivity index (χ2n) is 4.39. The third-order valence-electron chi connectivity index (χ3n) is 2.95. The number of para-hydroxylation sites is 1. The number of aryl methyl sites for hydroxylation is 1. The van der Waals surface area contributed by atoms with Crippen LogP contribution in [0.2, 0.25) is 0 Å². The molecule has 0 aliphatic rings. The normalized spacial score (nSPS) is 10.2. The van der Waals surface area contributed by atoms with Crippen LogP contribution in [0.3, 0.4) is 0 Å². The number of benzene rings is 1. The number of allylic oxidation sites excluding steroid dienone is 1. The van der Waals surface area contributed by atoms with Gasteiger partial charge in [-0.3, -0.25) is 0 Å². The lowest BCUT2D eigenvalue weighted by molar-refractivity contribution is 0.0661. The average Bonchev–Trinajstić information content (AvgIpc) is 2.80. The van der Waals surface area contributed by atoms with Gasteiger partial charge in [0.05, 0.1) is 0 Å². The van der Waals surface area contributed by atoms with Gasteiger partial charge < -0.3 is 14.3 Å².